The molecule has 4 aromatic rings. The molecule has 1 heterocycles. The number of amides is 2. The lowest BCUT2D eigenvalue weighted by molar-refractivity contribution is -0.137. The Balaban J connectivity index is 1.35. The molecule has 4 aromatic carbocycles. The molecular weight excluding hydrogens is 631 g/mol. The molecule has 1 aliphatic heterocycles. The highest BCUT2D eigenvalue weighted by Gasteiger charge is 2.38. The van der Waals surface area contributed by atoms with Crippen LogP contribution in [-0.4, -0.2) is 48.8 Å². The average Bonchev–Trinajstić information content (AvgIpc) is 3.11. The van der Waals surface area contributed by atoms with Crippen molar-refractivity contribution in [2.24, 2.45) is 0 Å². The molecule has 49 heavy (non-hydrogen) atoms. The van der Waals surface area contributed by atoms with Gasteiger partial charge in [0.05, 0.1) is 23.8 Å². The number of nitrogens with one attached hydrogen (secondary N) is 3. The van der Waals surface area contributed by atoms with Crippen LogP contribution in [0.2, 0.25) is 0 Å². The minimum atomic E-state index is -4.50. The SMILES string of the molecule is Cc1cc(C(=O)N[C@@H](Cc2ccccc2)[C@H](O)CNC2(c3cccc(C(F)(F)F)c3)CCOCC2)cc(C(=O)N[C@H](C)c2ccccc2)c1. The van der Waals surface area contributed by atoms with Gasteiger partial charge in [0.25, 0.3) is 11.8 Å². The Bertz CT molecular complexity index is 1710. The van der Waals surface area contributed by atoms with Crippen LogP contribution in [0.15, 0.2) is 103 Å². The minimum absolute atomic E-state index is 0.00707. The number of hydrogen-bond acceptors (Lipinski definition) is 5. The summed E-state index contributed by atoms with van der Waals surface area (Å²) < 4.78 is 46.4. The van der Waals surface area contributed by atoms with Gasteiger partial charge in [0.1, 0.15) is 0 Å². The molecule has 1 saturated heterocycles. The molecule has 3 atom stereocenters. The van der Waals surface area contributed by atoms with Gasteiger partial charge in [0, 0.05) is 36.4 Å². The van der Waals surface area contributed by atoms with Gasteiger partial charge in [-0.1, -0.05) is 72.8 Å². The van der Waals surface area contributed by atoms with E-state index in [1.165, 1.54) is 12.1 Å². The van der Waals surface area contributed by atoms with Gasteiger partial charge in [0.2, 0.25) is 0 Å². The van der Waals surface area contributed by atoms with Crippen molar-refractivity contribution in [2.45, 2.75) is 63.0 Å². The number of carbonyl (C=O) groups excluding carboxylic acids is 2. The predicted octanol–water partition coefficient (Wildman–Crippen LogP) is 6.50. The van der Waals surface area contributed by atoms with E-state index in [0.29, 0.717) is 43.6 Å². The smallest absolute Gasteiger partial charge is 0.390 e. The third kappa shape index (κ3) is 9.35. The average molecular weight is 674 g/mol. The summed E-state index contributed by atoms with van der Waals surface area (Å²) in [5.74, 6) is -0.789. The second-order valence-electron chi connectivity index (χ2n) is 12.7. The van der Waals surface area contributed by atoms with Crippen LogP contribution in [0.25, 0.3) is 0 Å². The number of rotatable bonds is 12. The maximum atomic E-state index is 13.7. The molecule has 7 nitrogen and oxygen atoms in total. The number of hydrogen-bond donors (Lipinski definition) is 4. The normalized spacial score (nSPS) is 16.3. The van der Waals surface area contributed by atoms with E-state index in [1.54, 1.807) is 25.1 Å². The van der Waals surface area contributed by atoms with Crippen molar-refractivity contribution in [3.8, 4) is 0 Å². The standard InChI is InChI=1S/C39H42F3N3O4/c1-26-20-30(36(47)44-27(2)29-12-7-4-8-13-29)23-31(21-26)37(48)45-34(22-28-10-5-3-6-11-28)35(46)25-43-38(16-18-49-19-17-38)32-14-9-15-33(24-32)39(40,41)42/h3-15,20-21,23-24,27,34-35,43,46H,16-19,22,25H2,1-2H3,(H,44,47)(H,45,48)/t27-,34+,35-/m1/s1. The van der Waals surface area contributed by atoms with Crippen LogP contribution in [0.4, 0.5) is 13.2 Å². The second kappa shape index (κ2) is 15.8. The molecule has 10 heteroatoms. The molecule has 0 unspecified atom stereocenters. The van der Waals surface area contributed by atoms with Crippen molar-refractivity contribution in [1.82, 2.24) is 16.0 Å². The quantitative estimate of drug-likeness (QED) is 0.138. The Kier molecular flexibility index (Phi) is 11.5. The summed E-state index contributed by atoms with van der Waals surface area (Å²) in [7, 11) is 0. The van der Waals surface area contributed by atoms with E-state index < -0.39 is 35.3 Å². The molecule has 0 saturated carbocycles. The Hall–Kier alpha value is -4.51. The van der Waals surface area contributed by atoms with Gasteiger partial charge in [-0.3, -0.25) is 9.59 Å². The van der Waals surface area contributed by atoms with E-state index >= 15 is 0 Å². The Labute approximate surface area is 284 Å². The van der Waals surface area contributed by atoms with Gasteiger partial charge in [-0.15, -0.1) is 0 Å². The molecule has 5 rings (SSSR count). The zero-order valence-corrected chi connectivity index (χ0v) is 27.6. The van der Waals surface area contributed by atoms with E-state index in [-0.39, 0.29) is 24.1 Å². The van der Waals surface area contributed by atoms with Crippen molar-refractivity contribution < 1.29 is 32.6 Å². The Morgan fingerprint density at radius 1 is 0.837 bits per heavy atom. The second-order valence-corrected chi connectivity index (χ2v) is 12.7. The first-order chi connectivity index (χ1) is 23.4. The molecule has 1 fully saturated rings. The fourth-order valence-corrected chi connectivity index (χ4v) is 6.28. The number of carbonyl (C=O) groups is 2. The number of aliphatic hydroxyl groups excluding tert-OH is 1. The zero-order valence-electron chi connectivity index (χ0n) is 27.6. The number of aliphatic hydroxyl groups is 1. The van der Waals surface area contributed by atoms with Crippen LogP contribution < -0.4 is 16.0 Å². The van der Waals surface area contributed by atoms with Crippen LogP contribution in [0.5, 0.6) is 0 Å². The fourth-order valence-electron chi connectivity index (χ4n) is 6.28. The summed E-state index contributed by atoms with van der Waals surface area (Å²) in [5.41, 5.74) is 2.00. The zero-order chi connectivity index (χ0) is 35.0. The van der Waals surface area contributed by atoms with E-state index in [9.17, 15) is 27.9 Å². The number of aryl methyl sites for hydroxylation is 1. The van der Waals surface area contributed by atoms with Crippen LogP contribution in [0.1, 0.15) is 74.3 Å². The molecule has 2 amide bonds. The molecule has 0 aromatic heterocycles. The maximum absolute atomic E-state index is 13.7. The molecule has 0 bridgehead atoms. The lowest BCUT2D eigenvalue weighted by Crippen LogP contribution is -2.54. The number of ether oxygens (including phenoxy) is 1. The van der Waals surface area contributed by atoms with Gasteiger partial charge >= 0.3 is 6.18 Å². The first-order valence-corrected chi connectivity index (χ1v) is 16.4. The van der Waals surface area contributed by atoms with Crippen LogP contribution >= 0.6 is 0 Å². The molecule has 4 N–H and O–H groups in total. The predicted molar refractivity (Wildman–Crippen MR) is 182 cm³/mol. The van der Waals surface area contributed by atoms with E-state index in [1.807, 2.05) is 67.6 Å². The highest BCUT2D eigenvalue weighted by atomic mass is 19.4. The maximum Gasteiger partial charge on any atom is 0.416 e. The van der Waals surface area contributed by atoms with Crippen LogP contribution in [-0.2, 0) is 22.9 Å². The molecule has 0 radical (unpaired) electrons. The molecule has 258 valence electrons. The van der Waals surface area contributed by atoms with E-state index in [2.05, 4.69) is 16.0 Å². The third-order valence-corrected chi connectivity index (χ3v) is 9.07. The Morgan fingerprint density at radius 2 is 1.45 bits per heavy atom. The van der Waals surface area contributed by atoms with Crippen LogP contribution in [0, 0.1) is 6.92 Å². The number of benzene rings is 4. The van der Waals surface area contributed by atoms with E-state index in [0.717, 1.165) is 28.8 Å². The molecule has 0 aliphatic carbocycles. The Morgan fingerprint density at radius 3 is 2.08 bits per heavy atom. The minimum Gasteiger partial charge on any atom is -0.390 e. The first kappa shape index (κ1) is 35.8. The monoisotopic (exact) mass is 673 g/mol. The summed E-state index contributed by atoms with van der Waals surface area (Å²) in [5, 5.41) is 20.9. The van der Waals surface area contributed by atoms with E-state index in [4.69, 9.17) is 4.74 Å². The first-order valence-electron chi connectivity index (χ1n) is 16.4. The largest absolute Gasteiger partial charge is 0.416 e. The van der Waals surface area contributed by atoms with Crippen molar-refractivity contribution in [3.05, 3.63) is 142 Å². The topological polar surface area (TPSA) is 99.7 Å². The van der Waals surface area contributed by atoms with Gasteiger partial charge in [0.15, 0.2) is 0 Å². The number of halogens is 3. The lowest BCUT2D eigenvalue weighted by atomic mass is 9.81. The molecular formula is C39H42F3N3O4. The van der Waals surface area contributed by atoms with Crippen molar-refractivity contribution in [2.75, 3.05) is 19.8 Å². The van der Waals surface area contributed by atoms with Crippen molar-refractivity contribution >= 4 is 11.8 Å². The molecule has 0 spiro atoms. The van der Waals surface area contributed by atoms with Crippen LogP contribution in [0.3, 0.4) is 0 Å². The van der Waals surface area contributed by atoms with Gasteiger partial charge < -0.3 is 25.8 Å². The van der Waals surface area contributed by atoms with Gasteiger partial charge in [-0.05, 0) is 85.7 Å². The third-order valence-electron chi connectivity index (χ3n) is 9.07. The summed E-state index contributed by atoms with van der Waals surface area (Å²) in [4.78, 5) is 27.0. The highest BCUT2D eigenvalue weighted by Crippen LogP contribution is 2.36. The van der Waals surface area contributed by atoms with Crippen molar-refractivity contribution in [1.29, 1.82) is 0 Å². The van der Waals surface area contributed by atoms with Gasteiger partial charge in [-0.2, -0.15) is 13.2 Å². The summed E-state index contributed by atoms with van der Waals surface area (Å²) in [6.07, 6.45) is -4.50. The molecule has 1 aliphatic rings. The lowest BCUT2D eigenvalue weighted by Gasteiger charge is -2.40. The summed E-state index contributed by atoms with van der Waals surface area (Å²) in [6, 6.07) is 28.1. The van der Waals surface area contributed by atoms with Gasteiger partial charge in [-0.25, -0.2) is 0 Å². The summed E-state index contributed by atoms with van der Waals surface area (Å²) in [6.45, 7) is 4.37. The van der Waals surface area contributed by atoms with Crippen molar-refractivity contribution in [3.63, 3.8) is 0 Å². The fraction of sp³-hybridized carbons (Fsp3) is 0.333. The summed E-state index contributed by atoms with van der Waals surface area (Å²) >= 11 is 0. The number of alkyl halides is 3. The highest BCUT2D eigenvalue weighted by molar-refractivity contribution is 6.00.